The molecule has 0 aromatic heterocycles. The summed E-state index contributed by atoms with van der Waals surface area (Å²) in [6, 6.07) is 6.99. The van der Waals surface area contributed by atoms with Crippen LogP contribution < -0.4 is 0 Å². The van der Waals surface area contributed by atoms with E-state index in [1.807, 2.05) is 12.1 Å². The van der Waals surface area contributed by atoms with Gasteiger partial charge in [0, 0.05) is 3.57 Å². The molecule has 0 heterocycles. The van der Waals surface area contributed by atoms with Gasteiger partial charge in [-0.15, -0.1) is 0 Å². The van der Waals surface area contributed by atoms with Crippen molar-refractivity contribution in [1.29, 1.82) is 0 Å². The lowest BCUT2D eigenvalue weighted by molar-refractivity contribution is -0.112. The lowest BCUT2D eigenvalue weighted by atomic mass is 9.98. The van der Waals surface area contributed by atoms with Gasteiger partial charge < -0.3 is 4.84 Å². The fraction of sp³-hybridized carbons (Fsp3) is 0.133. The fourth-order valence-electron chi connectivity index (χ4n) is 1.71. The predicted molar refractivity (Wildman–Crippen MR) is 84.5 cm³/mol. The smallest absolute Gasteiger partial charge is 0.312 e. The number of ketones is 1. The molecular formula is C15H12INO3. The molecule has 0 saturated carbocycles. The molecule has 0 aliphatic heterocycles. The van der Waals surface area contributed by atoms with Crippen molar-refractivity contribution in [3.63, 3.8) is 0 Å². The van der Waals surface area contributed by atoms with Gasteiger partial charge in [0.25, 0.3) is 0 Å². The first-order chi connectivity index (χ1) is 9.47. The number of carbonyl (C=O) groups excluding carboxylic acids is 2. The molecule has 1 aliphatic rings. The molecule has 20 heavy (non-hydrogen) atoms. The quantitative estimate of drug-likeness (QED) is 0.342. The Bertz CT molecular complexity index is 630. The van der Waals surface area contributed by atoms with Crippen molar-refractivity contribution < 1.29 is 14.4 Å². The summed E-state index contributed by atoms with van der Waals surface area (Å²) < 4.78 is 1.04. The zero-order chi connectivity index (χ0) is 14.7. The fourth-order valence-corrected chi connectivity index (χ4v) is 2.07. The van der Waals surface area contributed by atoms with Gasteiger partial charge in [0.1, 0.15) is 5.71 Å². The van der Waals surface area contributed by atoms with Crippen molar-refractivity contribution in [2.45, 2.75) is 13.8 Å². The van der Waals surface area contributed by atoms with Gasteiger partial charge in [0.2, 0.25) is 0 Å². The van der Waals surface area contributed by atoms with Crippen LogP contribution in [0.2, 0.25) is 0 Å². The molecule has 0 atom stereocenters. The molecule has 2 rings (SSSR count). The summed E-state index contributed by atoms with van der Waals surface area (Å²) >= 11 is 2.16. The van der Waals surface area contributed by atoms with E-state index < -0.39 is 5.97 Å². The molecule has 102 valence electrons. The highest BCUT2D eigenvalue weighted by molar-refractivity contribution is 14.1. The highest BCUT2D eigenvalue weighted by atomic mass is 127. The third-order valence-corrected chi connectivity index (χ3v) is 3.48. The maximum absolute atomic E-state index is 11.8. The summed E-state index contributed by atoms with van der Waals surface area (Å²) in [4.78, 5) is 28.2. The molecule has 0 bridgehead atoms. The molecule has 0 N–H and O–H groups in total. The minimum absolute atomic E-state index is 0.0205. The van der Waals surface area contributed by atoms with E-state index in [1.54, 1.807) is 38.1 Å². The third-order valence-electron chi connectivity index (χ3n) is 2.76. The highest BCUT2D eigenvalue weighted by Crippen LogP contribution is 2.13. The number of allylic oxidation sites excluding steroid dienone is 4. The number of nitrogens with zero attached hydrogens (tertiary/aromatic N) is 1. The zero-order valence-electron chi connectivity index (χ0n) is 11.0. The first-order valence-corrected chi connectivity index (χ1v) is 7.01. The van der Waals surface area contributed by atoms with Gasteiger partial charge in [-0.25, -0.2) is 4.79 Å². The second-order valence-corrected chi connectivity index (χ2v) is 5.63. The van der Waals surface area contributed by atoms with Gasteiger partial charge in [-0.2, -0.15) is 0 Å². The minimum Gasteiger partial charge on any atom is -0.312 e. The number of oxime groups is 1. The Labute approximate surface area is 130 Å². The molecule has 0 unspecified atom stereocenters. The van der Waals surface area contributed by atoms with Crippen LogP contribution in [0.1, 0.15) is 24.2 Å². The van der Waals surface area contributed by atoms with Crippen LogP contribution in [-0.4, -0.2) is 17.5 Å². The summed E-state index contributed by atoms with van der Waals surface area (Å²) in [5, 5.41) is 3.78. The van der Waals surface area contributed by atoms with E-state index in [4.69, 9.17) is 4.84 Å². The average molecular weight is 381 g/mol. The molecule has 0 radical (unpaired) electrons. The SMILES string of the molecule is CC1=CC(=NOC(=O)c2ccc(I)cc2)C=C(C)C1=O. The molecule has 0 amide bonds. The average Bonchev–Trinajstić information content (AvgIpc) is 2.42. The molecular weight excluding hydrogens is 369 g/mol. The first kappa shape index (κ1) is 14.6. The number of rotatable bonds is 2. The highest BCUT2D eigenvalue weighted by Gasteiger charge is 2.14. The molecule has 1 aliphatic carbocycles. The van der Waals surface area contributed by atoms with E-state index >= 15 is 0 Å². The Hall–Kier alpha value is -1.76. The maximum Gasteiger partial charge on any atom is 0.365 e. The van der Waals surface area contributed by atoms with Crippen LogP contribution in [0.25, 0.3) is 0 Å². The molecule has 4 nitrogen and oxygen atoms in total. The Balaban J connectivity index is 2.12. The molecule has 0 fully saturated rings. The predicted octanol–water partition coefficient (Wildman–Crippen LogP) is 3.28. The van der Waals surface area contributed by atoms with E-state index in [0.29, 0.717) is 22.4 Å². The Kier molecular flexibility index (Phi) is 4.49. The van der Waals surface area contributed by atoms with Gasteiger partial charge in [-0.1, -0.05) is 5.16 Å². The van der Waals surface area contributed by atoms with Crippen LogP contribution in [0.15, 0.2) is 52.7 Å². The molecule has 1 aromatic rings. The van der Waals surface area contributed by atoms with Gasteiger partial charge in [0.15, 0.2) is 5.78 Å². The molecule has 1 aromatic carbocycles. The van der Waals surface area contributed by atoms with Crippen LogP contribution in [-0.2, 0) is 9.63 Å². The minimum atomic E-state index is -0.525. The van der Waals surface area contributed by atoms with Crippen molar-refractivity contribution in [3.8, 4) is 0 Å². The maximum atomic E-state index is 11.8. The summed E-state index contributed by atoms with van der Waals surface area (Å²) in [6.07, 6.45) is 3.19. The lowest BCUT2D eigenvalue weighted by Crippen LogP contribution is -2.11. The van der Waals surface area contributed by atoms with Crippen molar-refractivity contribution in [2.75, 3.05) is 0 Å². The second kappa shape index (κ2) is 6.13. The zero-order valence-corrected chi connectivity index (χ0v) is 13.2. The standard InChI is InChI=1S/C15H12INO3/c1-9-7-13(8-10(2)14(9)18)17-20-15(19)11-3-5-12(16)6-4-11/h3-8H,1-2H3. The van der Waals surface area contributed by atoms with E-state index in [0.717, 1.165) is 3.57 Å². The third kappa shape index (κ3) is 3.41. The van der Waals surface area contributed by atoms with Crippen LogP contribution >= 0.6 is 22.6 Å². The van der Waals surface area contributed by atoms with Gasteiger partial charge in [-0.05, 0) is 84.0 Å². The normalized spacial score (nSPS) is 14.6. The summed E-state index contributed by atoms with van der Waals surface area (Å²) in [7, 11) is 0. The number of hydrogen-bond donors (Lipinski definition) is 0. The van der Waals surface area contributed by atoms with Crippen LogP contribution in [0.4, 0.5) is 0 Å². The molecule has 0 saturated heterocycles. The summed E-state index contributed by atoms with van der Waals surface area (Å²) in [6.45, 7) is 3.41. The van der Waals surface area contributed by atoms with Crippen LogP contribution in [0, 0.1) is 3.57 Å². The van der Waals surface area contributed by atoms with Crippen LogP contribution in [0.5, 0.6) is 0 Å². The molecule has 0 spiro atoms. The van der Waals surface area contributed by atoms with Gasteiger partial charge in [0.05, 0.1) is 5.56 Å². The lowest BCUT2D eigenvalue weighted by Gasteiger charge is -2.07. The number of hydrogen-bond acceptors (Lipinski definition) is 4. The van der Waals surface area contributed by atoms with Gasteiger partial charge in [-0.3, -0.25) is 4.79 Å². The monoisotopic (exact) mass is 381 g/mol. The number of carbonyl (C=O) groups is 2. The summed E-state index contributed by atoms with van der Waals surface area (Å²) in [5.74, 6) is -0.546. The number of halogens is 1. The van der Waals surface area contributed by atoms with Crippen LogP contribution in [0.3, 0.4) is 0 Å². The number of benzene rings is 1. The Morgan fingerprint density at radius 1 is 1.10 bits per heavy atom. The number of Topliss-reactive ketones (excluding diaryl/α,β-unsaturated/α-hetero) is 1. The van der Waals surface area contributed by atoms with Gasteiger partial charge >= 0.3 is 5.97 Å². The van der Waals surface area contributed by atoms with Crippen molar-refractivity contribution >= 4 is 40.1 Å². The molecule has 5 heteroatoms. The second-order valence-electron chi connectivity index (χ2n) is 4.39. The van der Waals surface area contributed by atoms with Crippen molar-refractivity contribution in [1.82, 2.24) is 0 Å². The van der Waals surface area contributed by atoms with E-state index in [9.17, 15) is 9.59 Å². The van der Waals surface area contributed by atoms with Crippen molar-refractivity contribution in [2.24, 2.45) is 5.16 Å². The summed E-state index contributed by atoms with van der Waals surface area (Å²) in [5.41, 5.74) is 2.05. The largest absolute Gasteiger partial charge is 0.365 e. The first-order valence-electron chi connectivity index (χ1n) is 5.93. The van der Waals surface area contributed by atoms with E-state index in [-0.39, 0.29) is 5.78 Å². The topological polar surface area (TPSA) is 55.7 Å². The van der Waals surface area contributed by atoms with Crippen molar-refractivity contribution in [3.05, 3.63) is 56.7 Å². The van der Waals surface area contributed by atoms with E-state index in [1.165, 1.54) is 0 Å². The Morgan fingerprint density at radius 3 is 2.20 bits per heavy atom. The van der Waals surface area contributed by atoms with E-state index in [2.05, 4.69) is 27.7 Å². The Morgan fingerprint density at radius 2 is 1.65 bits per heavy atom.